The summed E-state index contributed by atoms with van der Waals surface area (Å²) in [6, 6.07) is 3.90. The Balaban J connectivity index is 2.85. The smallest absolute Gasteiger partial charge is 0.0709 e. The highest BCUT2D eigenvalue weighted by atomic mass is 79.9. The number of hydrogen-bond donors (Lipinski definition) is 1. The van der Waals surface area contributed by atoms with Crippen molar-refractivity contribution < 1.29 is 0 Å². The van der Waals surface area contributed by atoms with Gasteiger partial charge in [-0.3, -0.25) is 5.41 Å². The first kappa shape index (κ1) is 8.68. The topological polar surface area (TPSA) is 23.9 Å². The average molecular weight is 230 g/mol. The highest BCUT2D eigenvalue weighted by Gasteiger charge is 1.99. The predicted octanol–water partition coefficient (Wildman–Crippen LogP) is 3.45. The quantitative estimate of drug-likeness (QED) is 0.752. The Labute approximate surface area is 78.4 Å². The Morgan fingerprint density at radius 3 is 2.82 bits per heavy atom. The first-order valence-corrected chi connectivity index (χ1v) is 4.82. The fourth-order valence-electron chi connectivity index (χ4n) is 0.708. The summed E-state index contributed by atoms with van der Waals surface area (Å²) < 4.78 is 1.07. The van der Waals surface area contributed by atoms with Crippen LogP contribution in [0.1, 0.15) is 11.8 Å². The van der Waals surface area contributed by atoms with E-state index in [1.54, 1.807) is 17.4 Å². The third kappa shape index (κ3) is 2.27. The van der Waals surface area contributed by atoms with Gasteiger partial charge in [0.2, 0.25) is 0 Å². The number of rotatable bonds is 2. The van der Waals surface area contributed by atoms with Crippen molar-refractivity contribution in [1.29, 1.82) is 5.41 Å². The minimum atomic E-state index is 0.572. The van der Waals surface area contributed by atoms with Crippen molar-refractivity contribution in [2.75, 3.05) is 0 Å². The molecule has 1 rings (SSSR count). The maximum Gasteiger partial charge on any atom is 0.0709 e. The molecule has 58 valence electrons. The summed E-state index contributed by atoms with van der Waals surface area (Å²) >= 11 is 4.93. The molecular formula is C8H8BrNS. The van der Waals surface area contributed by atoms with Crippen LogP contribution in [0.3, 0.4) is 0 Å². The molecule has 0 unspecified atom stereocenters. The van der Waals surface area contributed by atoms with E-state index in [0.717, 1.165) is 8.66 Å². The van der Waals surface area contributed by atoms with E-state index in [1.165, 1.54) is 0 Å². The summed E-state index contributed by atoms with van der Waals surface area (Å²) in [4.78, 5) is 0.995. The Morgan fingerprint density at radius 1 is 1.64 bits per heavy atom. The minimum Gasteiger partial charge on any atom is -0.299 e. The van der Waals surface area contributed by atoms with E-state index in [-0.39, 0.29) is 0 Å². The second kappa shape index (κ2) is 3.83. The first-order valence-electron chi connectivity index (χ1n) is 3.21. The standard InChI is InChI=1S/C8H8BrNS/c1-2-3-6(10)7-4-5-8(9)11-7/h2-5,10H,1H3/b3-2-,10-6?. The van der Waals surface area contributed by atoms with Gasteiger partial charge in [0.05, 0.1) is 14.4 Å². The molecule has 0 bridgehead atoms. The highest BCUT2D eigenvalue weighted by Crippen LogP contribution is 2.22. The molecule has 0 aliphatic rings. The van der Waals surface area contributed by atoms with Crippen molar-refractivity contribution >= 4 is 33.0 Å². The normalized spacial score (nSPS) is 10.7. The molecule has 1 aromatic rings. The van der Waals surface area contributed by atoms with Crippen LogP contribution < -0.4 is 0 Å². The molecule has 0 spiro atoms. The number of nitrogens with one attached hydrogen (secondary N) is 1. The molecule has 1 N–H and O–H groups in total. The Morgan fingerprint density at radius 2 is 2.36 bits per heavy atom. The highest BCUT2D eigenvalue weighted by molar-refractivity contribution is 9.11. The van der Waals surface area contributed by atoms with Crippen molar-refractivity contribution in [2.45, 2.75) is 6.92 Å². The summed E-state index contributed by atoms with van der Waals surface area (Å²) in [7, 11) is 0. The Kier molecular flexibility index (Phi) is 3.02. The van der Waals surface area contributed by atoms with Gasteiger partial charge in [-0.15, -0.1) is 11.3 Å². The number of hydrogen-bond acceptors (Lipinski definition) is 2. The lowest BCUT2D eigenvalue weighted by atomic mass is 10.3. The molecule has 0 aliphatic heterocycles. The van der Waals surface area contributed by atoms with Crippen LogP contribution in [0.25, 0.3) is 0 Å². The zero-order valence-corrected chi connectivity index (χ0v) is 8.50. The van der Waals surface area contributed by atoms with Gasteiger partial charge in [0.1, 0.15) is 0 Å². The molecule has 1 aromatic heterocycles. The lowest BCUT2D eigenvalue weighted by molar-refractivity contribution is 1.52. The molecule has 0 amide bonds. The van der Waals surface area contributed by atoms with E-state index >= 15 is 0 Å². The van der Waals surface area contributed by atoms with Crippen LogP contribution in [0.4, 0.5) is 0 Å². The third-order valence-electron chi connectivity index (χ3n) is 1.17. The molecule has 0 fully saturated rings. The van der Waals surface area contributed by atoms with E-state index in [9.17, 15) is 0 Å². The molecule has 0 radical (unpaired) electrons. The van der Waals surface area contributed by atoms with E-state index in [1.807, 2.05) is 25.1 Å². The van der Waals surface area contributed by atoms with E-state index < -0.39 is 0 Å². The monoisotopic (exact) mass is 229 g/mol. The van der Waals surface area contributed by atoms with Crippen LogP contribution in [0.5, 0.6) is 0 Å². The van der Waals surface area contributed by atoms with Gasteiger partial charge >= 0.3 is 0 Å². The molecule has 1 nitrogen and oxygen atoms in total. The van der Waals surface area contributed by atoms with Crippen LogP contribution in [-0.2, 0) is 0 Å². The summed E-state index contributed by atoms with van der Waals surface area (Å²) in [5.74, 6) is 0. The van der Waals surface area contributed by atoms with Crippen molar-refractivity contribution in [1.82, 2.24) is 0 Å². The molecule has 0 atom stereocenters. The molecule has 0 aromatic carbocycles. The SMILES string of the molecule is C/C=C\C(=N)c1ccc(Br)s1. The van der Waals surface area contributed by atoms with Gasteiger partial charge in [-0.1, -0.05) is 6.08 Å². The van der Waals surface area contributed by atoms with Crippen LogP contribution in [0, 0.1) is 5.41 Å². The van der Waals surface area contributed by atoms with Gasteiger partial charge in [0, 0.05) is 0 Å². The van der Waals surface area contributed by atoms with Crippen LogP contribution in [0.2, 0.25) is 0 Å². The average Bonchev–Trinajstić information content (AvgIpc) is 2.36. The Hall–Kier alpha value is -0.410. The molecule has 1 heterocycles. The molecule has 3 heteroatoms. The fourth-order valence-corrected chi connectivity index (χ4v) is 2.02. The lowest BCUT2D eigenvalue weighted by Crippen LogP contribution is -1.87. The van der Waals surface area contributed by atoms with Crippen molar-refractivity contribution in [3.63, 3.8) is 0 Å². The number of allylic oxidation sites excluding steroid dienone is 2. The van der Waals surface area contributed by atoms with E-state index in [0.29, 0.717) is 5.71 Å². The second-order valence-electron chi connectivity index (χ2n) is 2.02. The van der Waals surface area contributed by atoms with Crippen molar-refractivity contribution in [3.8, 4) is 0 Å². The summed E-state index contributed by atoms with van der Waals surface area (Å²) in [6.07, 6.45) is 3.66. The minimum absolute atomic E-state index is 0.572. The van der Waals surface area contributed by atoms with Gasteiger partial charge in [-0.2, -0.15) is 0 Å². The van der Waals surface area contributed by atoms with Crippen molar-refractivity contribution in [2.24, 2.45) is 0 Å². The molecule has 0 saturated carbocycles. The van der Waals surface area contributed by atoms with Gasteiger partial charge < -0.3 is 0 Å². The maximum absolute atomic E-state index is 7.55. The van der Waals surface area contributed by atoms with Crippen LogP contribution in [0.15, 0.2) is 28.1 Å². The molecule has 0 aliphatic carbocycles. The third-order valence-corrected chi connectivity index (χ3v) is 2.83. The van der Waals surface area contributed by atoms with Crippen LogP contribution >= 0.6 is 27.3 Å². The van der Waals surface area contributed by atoms with E-state index in [2.05, 4.69) is 15.9 Å². The maximum atomic E-state index is 7.55. The second-order valence-corrected chi connectivity index (χ2v) is 4.48. The van der Waals surface area contributed by atoms with E-state index in [4.69, 9.17) is 5.41 Å². The predicted molar refractivity (Wildman–Crippen MR) is 53.7 cm³/mol. The van der Waals surface area contributed by atoms with Crippen LogP contribution in [-0.4, -0.2) is 5.71 Å². The summed E-state index contributed by atoms with van der Waals surface area (Å²) in [5.41, 5.74) is 0.572. The first-order chi connectivity index (χ1) is 5.24. The Bertz CT molecular complexity index is 288. The fraction of sp³-hybridized carbons (Fsp3) is 0.125. The lowest BCUT2D eigenvalue weighted by Gasteiger charge is -1.88. The summed E-state index contributed by atoms with van der Waals surface area (Å²) in [5, 5.41) is 7.55. The van der Waals surface area contributed by atoms with Gasteiger partial charge in [-0.05, 0) is 41.1 Å². The number of halogens is 1. The zero-order valence-electron chi connectivity index (χ0n) is 6.10. The van der Waals surface area contributed by atoms with Gasteiger partial charge in [-0.25, -0.2) is 0 Å². The number of thiophene rings is 1. The largest absolute Gasteiger partial charge is 0.299 e. The molecule has 0 saturated heterocycles. The zero-order chi connectivity index (χ0) is 8.27. The van der Waals surface area contributed by atoms with Gasteiger partial charge in [0.25, 0.3) is 0 Å². The summed E-state index contributed by atoms with van der Waals surface area (Å²) in [6.45, 7) is 1.91. The molecular weight excluding hydrogens is 222 g/mol. The van der Waals surface area contributed by atoms with Gasteiger partial charge in [0.15, 0.2) is 0 Å². The van der Waals surface area contributed by atoms with Crippen molar-refractivity contribution in [3.05, 3.63) is 32.9 Å². The molecule has 11 heavy (non-hydrogen) atoms.